The Balaban J connectivity index is 2.23. The highest BCUT2D eigenvalue weighted by atomic mass is 15.1. The lowest BCUT2D eigenvalue weighted by atomic mass is 10.0. The van der Waals surface area contributed by atoms with Crippen molar-refractivity contribution in [1.82, 2.24) is 4.90 Å². The van der Waals surface area contributed by atoms with Gasteiger partial charge in [0.1, 0.15) is 0 Å². The molecule has 2 nitrogen and oxygen atoms in total. The van der Waals surface area contributed by atoms with Crippen molar-refractivity contribution in [2.24, 2.45) is 4.99 Å². The van der Waals surface area contributed by atoms with Gasteiger partial charge in [-0.25, -0.2) is 0 Å². The average molecular weight is 208 g/mol. The Morgan fingerprint density at radius 2 is 2.27 bits per heavy atom. The number of aliphatic imine (C=N–C) groups is 1. The second-order valence-electron chi connectivity index (χ2n) is 4.44. The molecule has 0 heterocycles. The Bertz CT molecular complexity index is 231. The Morgan fingerprint density at radius 3 is 2.80 bits per heavy atom. The summed E-state index contributed by atoms with van der Waals surface area (Å²) in [4.78, 5) is 6.35. The van der Waals surface area contributed by atoms with E-state index in [1.165, 1.54) is 38.5 Å². The highest BCUT2D eigenvalue weighted by Gasteiger charge is 2.13. The molecular weight excluding hydrogens is 184 g/mol. The maximum atomic E-state index is 4.08. The third-order valence-corrected chi connectivity index (χ3v) is 3.02. The van der Waals surface area contributed by atoms with E-state index < -0.39 is 0 Å². The molecule has 1 aliphatic rings. The molecule has 0 radical (unpaired) electrons. The van der Waals surface area contributed by atoms with Gasteiger partial charge in [-0.2, -0.15) is 0 Å². The third-order valence-electron chi connectivity index (χ3n) is 3.02. The van der Waals surface area contributed by atoms with Gasteiger partial charge >= 0.3 is 0 Å². The molecule has 0 bridgehead atoms. The van der Waals surface area contributed by atoms with E-state index in [0.717, 1.165) is 0 Å². The van der Waals surface area contributed by atoms with Gasteiger partial charge in [0.15, 0.2) is 0 Å². The average Bonchev–Trinajstić information content (AvgIpc) is 3.01. The fourth-order valence-corrected chi connectivity index (χ4v) is 2.00. The monoisotopic (exact) mass is 208 g/mol. The summed E-state index contributed by atoms with van der Waals surface area (Å²) in [5.74, 6) is 0. The zero-order valence-corrected chi connectivity index (χ0v) is 10.4. The molecule has 0 saturated heterocycles. The number of hydrogen-bond donors (Lipinski definition) is 0. The van der Waals surface area contributed by atoms with Crippen LogP contribution < -0.4 is 0 Å². The minimum Gasteiger partial charge on any atom is -0.363 e. The van der Waals surface area contributed by atoms with Gasteiger partial charge < -0.3 is 4.90 Å². The largest absolute Gasteiger partial charge is 0.363 e. The van der Waals surface area contributed by atoms with E-state index in [9.17, 15) is 0 Å². The summed E-state index contributed by atoms with van der Waals surface area (Å²) in [7, 11) is 3.98. The quantitative estimate of drug-likeness (QED) is 0.340. The Kier molecular flexibility index (Phi) is 5.44. The van der Waals surface area contributed by atoms with E-state index in [1.807, 2.05) is 13.4 Å². The van der Waals surface area contributed by atoms with Gasteiger partial charge in [0.25, 0.3) is 0 Å². The van der Waals surface area contributed by atoms with Gasteiger partial charge in [0.2, 0.25) is 0 Å². The minimum absolute atomic E-state index is 0.679. The molecule has 15 heavy (non-hydrogen) atoms. The smallest absolute Gasteiger partial charge is 0.0846 e. The van der Waals surface area contributed by atoms with Gasteiger partial charge in [-0.05, 0) is 32.1 Å². The van der Waals surface area contributed by atoms with Gasteiger partial charge in [-0.3, -0.25) is 4.99 Å². The summed E-state index contributed by atoms with van der Waals surface area (Å²) >= 11 is 0. The van der Waals surface area contributed by atoms with Crippen LogP contribution in [0.3, 0.4) is 0 Å². The highest BCUT2D eigenvalue weighted by Crippen LogP contribution is 2.25. The van der Waals surface area contributed by atoms with E-state index in [0.29, 0.717) is 6.04 Å². The van der Waals surface area contributed by atoms with Crippen LogP contribution in [-0.4, -0.2) is 31.4 Å². The highest BCUT2D eigenvalue weighted by molar-refractivity contribution is 5.54. The molecule has 1 atom stereocenters. The van der Waals surface area contributed by atoms with Crippen LogP contribution in [0.2, 0.25) is 0 Å². The van der Waals surface area contributed by atoms with Crippen molar-refractivity contribution in [2.45, 2.75) is 51.5 Å². The first-order valence-electron chi connectivity index (χ1n) is 6.10. The van der Waals surface area contributed by atoms with Crippen LogP contribution in [0, 0.1) is 0 Å². The maximum absolute atomic E-state index is 4.08. The molecule has 0 fully saturated rings. The summed E-state index contributed by atoms with van der Waals surface area (Å²) in [6, 6.07) is 0.679. The summed E-state index contributed by atoms with van der Waals surface area (Å²) in [6.07, 6.45) is 12.1. The molecule has 86 valence electrons. The van der Waals surface area contributed by atoms with Crippen LogP contribution in [0.5, 0.6) is 0 Å². The lowest BCUT2D eigenvalue weighted by Crippen LogP contribution is -2.30. The first kappa shape index (κ1) is 12.3. The number of rotatable bonds is 8. The van der Waals surface area contributed by atoms with Gasteiger partial charge in [-0.1, -0.05) is 25.0 Å². The van der Waals surface area contributed by atoms with E-state index in [2.05, 4.69) is 29.9 Å². The molecule has 0 aromatic carbocycles. The first-order valence-corrected chi connectivity index (χ1v) is 6.10. The minimum atomic E-state index is 0.679. The molecule has 0 aromatic heterocycles. The van der Waals surface area contributed by atoms with E-state index in [1.54, 1.807) is 5.57 Å². The van der Waals surface area contributed by atoms with Crippen molar-refractivity contribution in [3.63, 3.8) is 0 Å². The molecule has 0 unspecified atom stereocenters. The van der Waals surface area contributed by atoms with Gasteiger partial charge in [0.05, 0.1) is 6.34 Å². The molecule has 0 N–H and O–H groups in total. The molecule has 0 spiro atoms. The number of hydrogen-bond acceptors (Lipinski definition) is 1. The van der Waals surface area contributed by atoms with Crippen LogP contribution >= 0.6 is 0 Å². The van der Waals surface area contributed by atoms with Crippen molar-refractivity contribution >= 4 is 6.34 Å². The van der Waals surface area contributed by atoms with Crippen LogP contribution in [0.4, 0.5) is 0 Å². The van der Waals surface area contributed by atoms with E-state index >= 15 is 0 Å². The lowest BCUT2D eigenvalue weighted by Gasteiger charge is -2.25. The normalized spacial score (nSPS) is 16.6. The SMILES string of the molecule is CCC[C@H](CCCC1=CC1)N(C)C=NC. The predicted octanol–water partition coefficient (Wildman–Crippen LogP) is 3.25. The van der Waals surface area contributed by atoms with Crippen molar-refractivity contribution < 1.29 is 0 Å². The van der Waals surface area contributed by atoms with Crippen LogP contribution in [-0.2, 0) is 0 Å². The summed E-state index contributed by atoms with van der Waals surface area (Å²) < 4.78 is 0. The van der Waals surface area contributed by atoms with Crippen LogP contribution in [0.1, 0.15) is 45.4 Å². The van der Waals surface area contributed by atoms with Crippen molar-refractivity contribution in [3.05, 3.63) is 11.6 Å². The fraction of sp³-hybridized carbons (Fsp3) is 0.769. The molecule has 1 aliphatic carbocycles. The van der Waals surface area contributed by atoms with Crippen molar-refractivity contribution in [3.8, 4) is 0 Å². The Hall–Kier alpha value is -0.790. The summed E-state index contributed by atoms with van der Waals surface area (Å²) in [5, 5.41) is 0. The Labute approximate surface area is 94.1 Å². The topological polar surface area (TPSA) is 15.6 Å². The molecule has 0 aliphatic heterocycles. The molecule has 0 aromatic rings. The molecule has 1 rings (SSSR count). The van der Waals surface area contributed by atoms with Gasteiger partial charge in [-0.15, -0.1) is 0 Å². The second kappa shape index (κ2) is 6.65. The maximum Gasteiger partial charge on any atom is 0.0846 e. The molecule has 2 heteroatoms. The molecule has 0 amide bonds. The number of allylic oxidation sites excluding steroid dienone is 2. The van der Waals surface area contributed by atoms with E-state index in [4.69, 9.17) is 0 Å². The standard InChI is InChI=1S/C13H24N2/c1-4-6-13(15(3)11-14-2)8-5-7-12-9-10-12/h9,11,13H,4-8,10H2,1-3H3/t13-/m1/s1. The van der Waals surface area contributed by atoms with Crippen molar-refractivity contribution in [1.29, 1.82) is 0 Å². The van der Waals surface area contributed by atoms with Crippen LogP contribution in [0.25, 0.3) is 0 Å². The fourth-order valence-electron chi connectivity index (χ4n) is 2.00. The lowest BCUT2D eigenvalue weighted by molar-refractivity contribution is 0.325. The summed E-state index contributed by atoms with van der Waals surface area (Å²) in [6.45, 7) is 2.26. The third kappa shape index (κ3) is 5.01. The zero-order chi connectivity index (χ0) is 11.1. The molecular formula is C13H24N2. The number of nitrogens with zero attached hydrogens (tertiary/aromatic N) is 2. The zero-order valence-electron chi connectivity index (χ0n) is 10.4. The Morgan fingerprint density at radius 1 is 1.53 bits per heavy atom. The summed E-state index contributed by atoms with van der Waals surface area (Å²) in [5.41, 5.74) is 1.66. The molecule has 0 saturated carbocycles. The van der Waals surface area contributed by atoms with Gasteiger partial charge in [0, 0.05) is 20.1 Å². The second-order valence-corrected chi connectivity index (χ2v) is 4.44. The predicted molar refractivity (Wildman–Crippen MR) is 67.4 cm³/mol. The first-order chi connectivity index (χ1) is 7.27. The van der Waals surface area contributed by atoms with Crippen molar-refractivity contribution in [2.75, 3.05) is 14.1 Å². The van der Waals surface area contributed by atoms with E-state index in [-0.39, 0.29) is 0 Å². The van der Waals surface area contributed by atoms with Crippen LogP contribution in [0.15, 0.2) is 16.6 Å².